The molecule has 2 aromatic rings. The Labute approximate surface area is 123 Å². The van der Waals surface area contributed by atoms with Crippen LogP contribution in [0.1, 0.15) is 49.2 Å². The molecule has 5 heteroatoms. The van der Waals surface area contributed by atoms with Crippen LogP contribution in [0.25, 0.3) is 0 Å². The maximum atomic E-state index is 5.91. The molecule has 110 valence electrons. The standard InChI is InChI=1S/C16H19N3O2/c1-10-6-7-17-12(8-10)16-18-15(19-21-16)14-9-11-4-2-3-5-13(11)20-14/h2-5,10,12,14,17H,6-9H2,1H3. The van der Waals surface area contributed by atoms with Gasteiger partial charge in [-0.15, -0.1) is 0 Å². The first kappa shape index (κ1) is 12.8. The molecule has 21 heavy (non-hydrogen) atoms. The molecule has 0 radical (unpaired) electrons. The molecule has 3 heterocycles. The lowest BCUT2D eigenvalue weighted by atomic mass is 9.94. The van der Waals surface area contributed by atoms with Gasteiger partial charge in [-0.3, -0.25) is 0 Å². The average Bonchev–Trinajstić information content (AvgIpc) is 3.14. The number of hydrogen-bond donors (Lipinski definition) is 1. The predicted molar refractivity (Wildman–Crippen MR) is 77.0 cm³/mol. The Morgan fingerprint density at radius 1 is 1.29 bits per heavy atom. The molecular formula is C16H19N3O2. The lowest BCUT2D eigenvalue weighted by Gasteiger charge is -2.25. The minimum absolute atomic E-state index is 0.124. The van der Waals surface area contributed by atoms with Gasteiger partial charge < -0.3 is 14.6 Å². The van der Waals surface area contributed by atoms with Crippen LogP contribution in [0.15, 0.2) is 28.8 Å². The van der Waals surface area contributed by atoms with E-state index in [1.807, 2.05) is 18.2 Å². The summed E-state index contributed by atoms with van der Waals surface area (Å²) in [7, 11) is 0. The van der Waals surface area contributed by atoms with Gasteiger partial charge in [-0.2, -0.15) is 4.98 Å². The number of ether oxygens (including phenoxy) is 1. The van der Waals surface area contributed by atoms with E-state index in [4.69, 9.17) is 9.26 Å². The quantitative estimate of drug-likeness (QED) is 0.919. The number of fused-ring (bicyclic) bond motifs is 1. The van der Waals surface area contributed by atoms with Crippen LogP contribution in [0.3, 0.4) is 0 Å². The lowest BCUT2D eigenvalue weighted by Crippen LogP contribution is -2.31. The lowest BCUT2D eigenvalue weighted by molar-refractivity contribution is 0.219. The van der Waals surface area contributed by atoms with Crippen LogP contribution in [0, 0.1) is 5.92 Å². The summed E-state index contributed by atoms with van der Waals surface area (Å²) in [5.74, 6) is 2.97. The van der Waals surface area contributed by atoms with E-state index in [0.29, 0.717) is 17.6 Å². The van der Waals surface area contributed by atoms with E-state index >= 15 is 0 Å². The first-order chi connectivity index (χ1) is 10.3. The highest BCUT2D eigenvalue weighted by molar-refractivity contribution is 5.37. The van der Waals surface area contributed by atoms with Crippen molar-refractivity contribution in [2.75, 3.05) is 6.54 Å². The third kappa shape index (κ3) is 2.42. The van der Waals surface area contributed by atoms with E-state index in [1.165, 1.54) is 12.0 Å². The molecule has 1 aromatic heterocycles. The van der Waals surface area contributed by atoms with Gasteiger partial charge in [-0.05, 0) is 36.9 Å². The van der Waals surface area contributed by atoms with E-state index in [0.717, 1.165) is 25.1 Å². The van der Waals surface area contributed by atoms with Crippen LogP contribution in [-0.4, -0.2) is 16.7 Å². The largest absolute Gasteiger partial charge is 0.482 e. The second-order valence-corrected chi connectivity index (χ2v) is 6.05. The molecule has 3 atom stereocenters. The molecule has 1 fully saturated rings. The second kappa shape index (κ2) is 5.15. The SMILES string of the molecule is CC1CCNC(c2nc(C3Cc4ccccc4O3)no2)C1. The van der Waals surface area contributed by atoms with Crippen molar-refractivity contribution in [3.05, 3.63) is 41.5 Å². The van der Waals surface area contributed by atoms with Gasteiger partial charge in [-0.25, -0.2) is 0 Å². The Balaban J connectivity index is 1.51. The van der Waals surface area contributed by atoms with Gasteiger partial charge >= 0.3 is 0 Å². The highest BCUT2D eigenvalue weighted by Crippen LogP contribution is 2.36. The third-order valence-corrected chi connectivity index (χ3v) is 4.36. The van der Waals surface area contributed by atoms with Crippen LogP contribution in [-0.2, 0) is 6.42 Å². The number of hydrogen-bond acceptors (Lipinski definition) is 5. The summed E-state index contributed by atoms with van der Waals surface area (Å²) < 4.78 is 11.4. The molecule has 0 bridgehead atoms. The molecule has 5 nitrogen and oxygen atoms in total. The topological polar surface area (TPSA) is 60.2 Å². The first-order valence-electron chi connectivity index (χ1n) is 7.61. The number of aromatic nitrogens is 2. The summed E-state index contributed by atoms with van der Waals surface area (Å²) in [6.07, 6.45) is 2.94. The highest BCUT2D eigenvalue weighted by Gasteiger charge is 2.30. The molecule has 0 aliphatic carbocycles. The van der Waals surface area contributed by atoms with Crippen LogP contribution in [0.2, 0.25) is 0 Å². The average molecular weight is 285 g/mol. The Kier molecular flexibility index (Phi) is 3.15. The summed E-state index contributed by atoms with van der Waals surface area (Å²) in [4.78, 5) is 4.57. The van der Waals surface area contributed by atoms with Crippen molar-refractivity contribution in [2.24, 2.45) is 5.92 Å². The summed E-state index contributed by atoms with van der Waals surface area (Å²) in [6, 6.07) is 8.26. The fourth-order valence-electron chi connectivity index (χ4n) is 3.14. The summed E-state index contributed by atoms with van der Waals surface area (Å²) in [5, 5.41) is 7.58. The first-order valence-corrected chi connectivity index (χ1v) is 7.61. The van der Waals surface area contributed by atoms with Crippen molar-refractivity contribution in [1.29, 1.82) is 0 Å². The Hall–Kier alpha value is -1.88. The van der Waals surface area contributed by atoms with Crippen molar-refractivity contribution < 1.29 is 9.26 Å². The summed E-state index contributed by atoms with van der Waals surface area (Å²) in [6.45, 7) is 3.27. The summed E-state index contributed by atoms with van der Waals surface area (Å²) in [5.41, 5.74) is 1.21. The number of para-hydroxylation sites is 1. The van der Waals surface area contributed by atoms with Gasteiger partial charge in [0.25, 0.3) is 0 Å². The van der Waals surface area contributed by atoms with E-state index in [-0.39, 0.29) is 12.1 Å². The van der Waals surface area contributed by atoms with E-state index in [1.54, 1.807) is 0 Å². The van der Waals surface area contributed by atoms with E-state index in [2.05, 4.69) is 28.4 Å². The van der Waals surface area contributed by atoms with Crippen molar-refractivity contribution in [2.45, 2.75) is 38.3 Å². The van der Waals surface area contributed by atoms with Crippen molar-refractivity contribution in [1.82, 2.24) is 15.5 Å². The highest BCUT2D eigenvalue weighted by atomic mass is 16.5. The molecule has 1 saturated heterocycles. The number of piperidine rings is 1. The van der Waals surface area contributed by atoms with E-state index < -0.39 is 0 Å². The molecule has 4 rings (SSSR count). The maximum Gasteiger partial charge on any atom is 0.243 e. The van der Waals surface area contributed by atoms with Gasteiger partial charge in [0.15, 0.2) is 6.10 Å². The molecule has 2 aliphatic rings. The van der Waals surface area contributed by atoms with Gasteiger partial charge in [0.1, 0.15) is 5.75 Å². The third-order valence-electron chi connectivity index (χ3n) is 4.36. The van der Waals surface area contributed by atoms with Gasteiger partial charge in [0, 0.05) is 6.42 Å². The molecule has 1 N–H and O–H groups in total. The molecular weight excluding hydrogens is 266 g/mol. The van der Waals surface area contributed by atoms with Crippen LogP contribution in [0.5, 0.6) is 5.75 Å². The number of nitrogens with zero attached hydrogens (tertiary/aromatic N) is 2. The van der Waals surface area contributed by atoms with Gasteiger partial charge in [-0.1, -0.05) is 30.3 Å². The predicted octanol–water partition coefficient (Wildman–Crippen LogP) is 2.81. The van der Waals surface area contributed by atoms with Crippen LogP contribution in [0.4, 0.5) is 0 Å². The van der Waals surface area contributed by atoms with Crippen LogP contribution < -0.4 is 10.1 Å². The van der Waals surface area contributed by atoms with Crippen molar-refractivity contribution in [3.63, 3.8) is 0 Å². The molecule has 2 aliphatic heterocycles. The van der Waals surface area contributed by atoms with Gasteiger partial charge in [0.2, 0.25) is 11.7 Å². The zero-order valence-electron chi connectivity index (χ0n) is 12.1. The monoisotopic (exact) mass is 285 g/mol. The van der Waals surface area contributed by atoms with Gasteiger partial charge in [0.05, 0.1) is 6.04 Å². The zero-order chi connectivity index (χ0) is 14.2. The Bertz CT molecular complexity index is 615. The number of nitrogens with one attached hydrogen (secondary N) is 1. The Morgan fingerprint density at radius 3 is 3.05 bits per heavy atom. The van der Waals surface area contributed by atoms with E-state index in [9.17, 15) is 0 Å². The number of benzene rings is 1. The van der Waals surface area contributed by atoms with Crippen molar-refractivity contribution in [3.8, 4) is 5.75 Å². The summed E-state index contributed by atoms with van der Waals surface area (Å²) >= 11 is 0. The fourth-order valence-corrected chi connectivity index (χ4v) is 3.14. The minimum Gasteiger partial charge on any atom is -0.482 e. The smallest absolute Gasteiger partial charge is 0.243 e. The van der Waals surface area contributed by atoms with Crippen molar-refractivity contribution >= 4 is 0 Å². The van der Waals surface area contributed by atoms with Crippen LogP contribution >= 0.6 is 0 Å². The second-order valence-electron chi connectivity index (χ2n) is 6.05. The molecule has 0 amide bonds. The molecule has 3 unspecified atom stereocenters. The molecule has 0 saturated carbocycles. The zero-order valence-corrected chi connectivity index (χ0v) is 12.1. The Morgan fingerprint density at radius 2 is 2.19 bits per heavy atom. The normalized spacial score (nSPS) is 28.1. The fraction of sp³-hybridized carbons (Fsp3) is 0.500. The molecule has 1 aromatic carbocycles. The maximum absolute atomic E-state index is 5.91. The number of rotatable bonds is 2. The minimum atomic E-state index is -0.124. The molecule has 0 spiro atoms.